The molecule has 50 heavy (non-hydrogen) atoms. The highest BCUT2D eigenvalue weighted by molar-refractivity contribution is 8.04. The number of thiocarbonyl (C=S) groups is 1. The van der Waals surface area contributed by atoms with Crippen LogP contribution < -0.4 is 16.0 Å². The van der Waals surface area contributed by atoms with Gasteiger partial charge in [-0.3, -0.25) is 19.2 Å². The summed E-state index contributed by atoms with van der Waals surface area (Å²) in [6.45, 7) is 0.949. The molecule has 4 rings (SSSR count). The van der Waals surface area contributed by atoms with Crippen LogP contribution in [0.25, 0.3) is 0 Å². The second-order valence-electron chi connectivity index (χ2n) is 12.5. The van der Waals surface area contributed by atoms with Crippen LogP contribution in [0.1, 0.15) is 38.5 Å². The average molecular weight is 740 g/mol. The van der Waals surface area contributed by atoms with Gasteiger partial charge >= 0.3 is 17.9 Å². The van der Waals surface area contributed by atoms with Crippen LogP contribution >= 0.6 is 24.0 Å². The first kappa shape index (κ1) is 38.4. The number of aromatic nitrogens is 1. The molecule has 2 aliphatic heterocycles. The van der Waals surface area contributed by atoms with E-state index in [4.69, 9.17) is 22.2 Å². The molecule has 272 valence electrons. The van der Waals surface area contributed by atoms with E-state index in [2.05, 4.69) is 20.9 Å². The van der Waals surface area contributed by atoms with Crippen LogP contribution in [0.5, 0.6) is 0 Å². The van der Waals surface area contributed by atoms with Crippen molar-refractivity contribution in [2.24, 2.45) is 5.92 Å². The van der Waals surface area contributed by atoms with Crippen molar-refractivity contribution in [3.05, 3.63) is 34.7 Å². The van der Waals surface area contributed by atoms with E-state index >= 15 is 0 Å². The summed E-state index contributed by atoms with van der Waals surface area (Å²) in [7, 11) is 5.08. The number of aliphatic hydroxyl groups is 1. The van der Waals surface area contributed by atoms with Gasteiger partial charge in [-0.05, 0) is 38.4 Å². The minimum absolute atomic E-state index is 0.0606. The molecular formula is C30H38FN7O10S2. The van der Waals surface area contributed by atoms with Gasteiger partial charge in [-0.25, -0.2) is 19.0 Å². The van der Waals surface area contributed by atoms with Gasteiger partial charge in [0, 0.05) is 56.5 Å². The molecule has 1 aliphatic carbocycles. The van der Waals surface area contributed by atoms with Crippen molar-refractivity contribution in [2.45, 2.75) is 61.6 Å². The highest BCUT2D eigenvalue weighted by Crippen LogP contribution is 2.43. The number of carboxylic acid groups (broad SMARTS) is 2. The second kappa shape index (κ2) is 16.1. The Hall–Kier alpha value is -4.40. The van der Waals surface area contributed by atoms with Gasteiger partial charge in [0.15, 0.2) is 16.0 Å². The number of carbonyl (C=O) groups is 6. The van der Waals surface area contributed by atoms with Gasteiger partial charge in [-0.2, -0.15) is 5.06 Å². The topological polar surface area (TPSA) is 231 Å². The van der Waals surface area contributed by atoms with Crippen LogP contribution in [0.4, 0.5) is 10.2 Å². The Labute approximate surface area is 295 Å². The van der Waals surface area contributed by atoms with Crippen molar-refractivity contribution in [1.82, 2.24) is 30.5 Å². The van der Waals surface area contributed by atoms with Crippen molar-refractivity contribution >= 4 is 70.4 Å². The lowest BCUT2D eigenvalue weighted by Crippen LogP contribution is -2.58. The van der Waals surface area contributed by atoms with Gasteiger partial charge in [0.25, 0.3) is 11.8 Å². The van der Waals surface area contributed by atoms with Crippen LogP contribution in [-0.2, 0) is 33.6 Å². The first-order chi connectivity index (χ1) is 23.5. The number of rotatable bonds is 11. The zero-order valence-electron chi connectivity index (χ0n) is 27.4. The number of halogens is 1. The maximum absolute atomic E-state index is 14.0. The average Bonchev–Trinajstić information content (AvgIpc) is 3.38. The first-order valence-corrected chi connectivity index (χ1v) is 16.8. The second-order valence-corrected chi connectivity index (χ2v) is 14.0. The smallest absolute Gasteiger partial charge is 0.336 e. The molecule has 0 bridgehead atoms. The van der Waals surface area contributed by atoms with E-state index in [0.717, 1.165) is 29.1 Å². The lowest BCUT2D eigenvalue weighted by atomic mass is 9.81. The Morgan fingerprint density at radius 1 is 1.12 bits per heavy atom. The van der Waals surface area contributed by atoms with Crippen LogP contribution in [0, 0.1) is 11.7 Å². The highest BCUT2D eigenvalue weighted by atomic mass is 32.2. The van der Waals surface area contributed by atoms with E-state index in [-0.39, 0.29) is 23.1 Å². The highest BCUT2D eigenvalue weighted by Gasteiger charge is 2.46. The molecule has 1 saturated carbocycles. The van der Waals surface area contributed by atoms with Crippen LogP contribution in [0.15, 0.2) is 28.9 Å². The molecule has 0 aromatic carbocycles. The third kappa shape index (κ3) is 9.43. The van der Waals surface area contributed by atoms with Crippen molar-refractivity contribution < 1.29 is 53.3 Å². The Morgan fingerprint density at radius 2 is 1.84 bits per heavy atom. The summed E-state index contributed by atoms with van der Waals surface area (Å²) in [5.41, 5.74) is -2.46. The predicted molar refractivity (Wildman–Crippen MR) is 178 cm³/mol. The number of carboxylic acids is 2. The van der Waals surface area contributed by atoms with Crippen molar-refractivity contribution in [1.29, 1.82) is 0 Å². The van der Waals surface area contributed by atoms with Gasteiger partial charge in [0.2, 0.25) is 5.91 Å². The Morgan fingerprint density at radius 3 is 2.46 bits per heavy atom. The number of likely N-dealkylation sites (N-methyl/N-ethyl adjacent to an activating group) is 1. The molecule has 0 spiro atoms. The van der Waals surface area contributed by atoms with Gasteiger partial charge < -0.3 is 45.9 Å². The SMILES string of the molecule is CN1CCC2=C(C1)SC(C(=O)NC1CC(C(=O)N(C)C)CCC1NC(=S)C(=O)Nc1ccc(F)cn1)N2OC(=O)CC(O)(CC(=O)O)C(=O)O. The lowest BCUT2D eigenvalue weighted by molar-refractivity contribution is -0.194. The standard InChI is InChI=1S/C30H38FN7O10S2/c1-36(2)27(44)15-4-6-17(34-26(49)24(42)35-21-7-5-16(31)13-32-21)18(10-15)33-25(43)28-38(19-8-9-37(3)14-20(19)50-28)48-23(41)12-30(47,29(45)46)11-22(39)40/h5,7,13,15,17-18,28,47H,4,6,8-12,14H2,1-3H3,(H,33,43)(H,34,49)(H,39,40)(H,45,46)(H,32,35,42). The fraction of sp³-hybridized carbons (Fsp3) is 0.533. The number of thioether (sulfide) groups is 1. The molecule has 6 N–H and O–H groups in total. The molecule has 5 atom stereocenters. The number of pyridine rings is 1. The number of hydroxylamine groups is 2. The van der Waals surface area contributed by atoms with Crippen LogP contribution in [0.3, 0.4) is 0 Å². The summed E-state index contributed by atoms with van der Waals surface area (Å²) >= 11 is 6.42. The van der Waals surface area contributed by atoms with Gasteiger partial charge in [0.05, 0.1) is 24.7 Å². The molecule has 20 heteroatoms. The van der Waals surface area contributed by atoms with Crippen molar-refractivity contribution in [2.75, 3.05) is 39.5 Å². The molecule has 0 saturated heterocycles. The summed E-state index contributed by atoms with van der Waals surface area (Å²) in [4.78, 5) is 88.8. The lowest BCUT2D eigenvalue weighted by Gasteiger charge is -2.38. The maximum atomic E-state index is 14.0. The molecule has 1 aromatic rings. The number of nitrogens with zero attached hydrogens (tertiary/aromatic N) is 4. The third-order valence-electron chi connectivity index (χ3n) is 8.36. The summed E-state index contributed by atoms with van der Waals surface area (Å²) in [6.07, 6.45) is -0.288. The number of aliphatic carboxylic acids is 2. The zero-order chi connectivity index (χ0) is 36.9. The summed E-state index contributed by atoms with van der Waals surface area (Å²) in [5.74, 6) is -7.40. The minimum Gasteiger partial charge on any atom is -0.481 e. The molecule has 0 radical (unpaired) electrons. The van der Waals surface area contributed by atoms with E-state index in [1.807, 2.05) is 11.9 Å². The summed E-state index contributed by atoms with van der Waals surface area (Å²) in [6, 6.07) is 0.991. The van der Waals surface area contributed by atoms with E-state index in [9.17, 15) is 43.4 Å². The summed E-state index contributed by atoms with van der Waals surface area (Å²) < 4.78 is 13.3. The van der Waals surface area contributed by atoms with Gasteiger partial charge in [-0.15, -0.1) is 0 Å². The minimum atomic E-state index is -2.95. The Bertz CT molecular complexity index is 1580. The quantitative estimate of drug-likeness (QED) is 0.163. The Balaban J connectivity index is 1.53. The van der Waals surface area contributed by atoms with E-state index in [1.165, 1.54) is 11.0 Å². The van der Waals surface area contributed by atoms with Gasteiger partial charge in [-0.1, -0.05) is 24.0 Å². The van der Waals surface area contributed by atoms with Crippen LogP contribution in [-0.4, -0.2) is 133 Å². The number of hydrogen-bond acceptors (Lipinski definition) is 13. The molecule has 17 nitrogen and oxygen atoms in total. The van der Waals surface area contributed by atoms with Crippen molar-refractivity contribution in [3.63, 3.8) is 0 Å². The maximum Gasteiger partial charge on any atom is 0.336 e. The number of anilines is 1. The molecule has 5 unspecified atom stereocenters. The fourth-order valence-electron chi connectivity index (χ4n) is 5.82. The monoisotopic (exact) mass is 739 g/mol. The van der Waals surface area contributed by atoms with Crippen molar-refractivity contribution in [3.8, 4) is 0 Å². The largest absolute Gasteiger partial charge is 0.481 e. The number of hydrogen-bond donors (Lipinski definition) is 6. The van der Waals surface area contributed by atoms with E-state index in [0.29, 0.717) is 43.0 Å². The Kier molecular flexibility index (Phi) is 12.4. The summed E-state index contributed by atoms with van der Waals surface area (Å²) in [5, 5.41) is 37.1. The third-order valence-corrected chi connectivity index (χ3v) is 9.94. The van der Waals surface area contributed by atoms with E-state index in [1.54, 1.807) is 14.1 Å². The molecule has 3 heterocycles. The fourth-order valence-corrected chi connectivity index (χ4v) is 7.36. The molecule has 3 aliphatic rings. The number of nitrogens with one attached hydrogen (secondary N) is 3. The number of amides is 3. The molecule has 3 amide bonds. The molecular weight excluding hydrogens is 702 g/mol. The molecule has 1 fully saturated rings. The normalized spacial score (nSPS) is 23.2. The van der Waals surface area contributed by atoms with Gasteiger partial charge in [0.1, 0.15) is 11.6 Å². The number of carbonyl (C=O) groups excluding carboxylic acids is 4. The first-order valence-electron chi connectivity index (χ1n) is 15.5. The van der Waals surface area contributed by atoms with Crippen LogP contribution in [0.2, 0.25) is 0 Å². The zero-order valence-corrected chi connectivity index (χ0v) is 29.0. The van der Waals surface area contributed by atoms with E-state index < -0.39 is 77.4 Å². The predicted octanol–water partition coefficient (Wildman–Crippen LogP) is -0.121. The molecule has 1 aromatic heterocycles.